The van der Waals surface area contributed by atoms with E-state index in [1.165, 1.54) is 19.2 Å². The molecule has 182 valence electrons. The molecule has 0 radical (unpaired) electrons. The number of β-lactam (4-membered cyclic amide) rings is 1. The van der Waals surface area contributed by atoms with Crippen LogP contribution in [0.3, 0.4) is 0 Å². The van der Waals surface area contributed by atoms with Gasteiger partial charge >= 0.3 is 13.8 Å². The number of H-pyrrole nitrogens is 1. The number of carbonyl (C=O) groups is 3. The van der Waals surface area contributed by atoms with E-state index < -0.39 is 49.8 Å². The molecular formula is C20H23N4O9P. The van der Waals surface area contributed by atoms with Crippen LogP contribution in [-0.4, -0.2) is 56.3 Å². The number of aromatic amines is 1. The quantitative estimate of drug-likeness (QED) is 0.232. The van der Waals surface area contributed by atoms with Crippen LogP contribution in [0.1, 0.15) is 18.2 Å². The van der Waals surface area contributed by atoms with Gasteiger partial charge in [0, 0.05) is 18.0 Å². The van der Waals surface area contributed by atoms with Crippen LogP contribution in [0.25, 0.3) is 0 Å². The molecule has 3 atom stereocenters. The lowest BCUT2D eigenvalue weighted by atomic mass is 10.0. The summed E-state index contributed by atoms with van der Waals surface area (Å²) in [5.41, 5.74) is 0.846. The summed E-state index contributed by atoms with van der Waals surface area (Å²) in [6.45, 7) is 0.626. The molecule has 1 aromatic heterocycles. The van der Waals surface area contributed by atoms with Crippen LogP contribution in [0, 0.1) is 0 Å². The summed E-state index contributed by atoms with van der Waals surface area (Å²) in [6, 6.07) is 8.41. The van der Waals surface area contributed by atoms with E-state index in [0.29, 0.717) is 10.4 Å². The van der Waals surface area contributed by atoms with Gasteiger partial charge in [-0.15, -0.1) is 0 Å². The Morgan fingerprint density at radius 2 is 1.94 bits per heavy atom. The maximum absolute atomic E-state index is 12.3. The minimum Gasteiger partial charge on any atom is -0.483 e. The lowest BCUT2D eigenvalue weighted by Gasteiger charge is -2.45. The van der Waals surface area contributed by atoms with Crippen molar-refractivity contribution < 1.29 is 38.2 Å². The van der Waals surface area contributed by atoms with Crippen LogP contribution in [0.2, 0.25) is 0 Å². The maximum atomic E-state index is 12.3. The maximum Gasteiger partial charge on any atom is 0.435 e. The number of benzene rings is 1. The predicted molar refractivity (Wildman–Crippen MR) is 117 cm³/mol. The number of amides is 3. The van der Waals surface area contributed by atoms with Gasteiger partial charge in [0.1, 0.15) is 19.3 Å². The van der Waals surface area contributed by atoms with Crippen molar-refractivity contribution in [3.63, 3.8) is 0 Å². The monoisotopic (exact) mass is 494 g/mol. The molecule has 1 saturated heterocycles. The Kier molecular flexibility index (Phi) is 7.72. The van der Waals surface area contributed by atoms with E-state index in [0.717, 1.165) is 5.56 Å². The number of carboxylic acid groups (broad SMARTS) is 1. The lowest BCUT2D eigenvalue weighted by molar-refractivity contribution is -0.143. The van der Waals surface area contributed by atoms with Crippen LogP contribution in [0.5, 0.6) is 5.75 Å². The van der Waals surface area contributed by atoms with Crippen molar-refractivity contribution in [1.29, 1.82) is 0 Å². The van der Waals surface area contributed by atoms with Crippen LogP contribution < -0.4 is 20.8 Å². The highest BCUT2D eigenvalue weighted by molar-refractivity contribution is 7.51. The molecule has 1 fully saturated rings. The average molecular weight is 494 g/mol. The zero-order valence-electron chi connectivity index (χ0n) is 18.0. The summed E-state index contributed by atoms with van der Waals surface area (Å²) in [7, 11) is -4.67. The topological polar surface area (TPSA) is 187 Å². The van der Waals surface area contributed by atoms with Crippen molar-refractivity contribution in [2.24, 2.45) is 0 Å². The first-order chi connectivity index (χ1) is 16.1. The molecule has 3 amide bonds. The average Bonchev–Trinajstić information content (AvgIpc) is 2.80. The van der Waals surface area contributed by atoms with Gasteiger partial charge in [0.25, 0.3) is 5.91 Å². The number of hydrogen-bond acceptors (Lipinski definition) is 7. The van der Waals surface area contributed by atoms with E-state index in [-0.39, 0.29) is 18.9 Å². The summed E-state index contributed by atoms with van der Waals surface area (Å²) in [5, 5.41) is 13.0. The van der Waals surface area contributed by atoms with E-state index in [1.54, 1.807) is 0 Å². The minimum absolute atomic E-state index is 0.101. The third-order valence-corrected chi connectivity index (χ3v) is 6.50. The van der Waals surface area contributed by atoms with Crippen LogP contribution in [0.15, 0.2) is 47.4 Å². The van der Waals surface area contributed by atoms with Crippen LogP contribution in [-0.2, 0) is 31.8 Å². The first-order valence-corrected chi connectivity index (χ1v) is 11.6. The highest BCUT2D eigenvalue weighted by Crippen LogP contribution is 2.52. The normalized spacial score (nSPS) is 19.0. The summed E-state index contributed by atoms with van der Waals surface area (Å²) in [4.78, 5) is 59.6. The zero-order chi connectivity index (χ0) is 24.9. The predicted octanol–water partition coefficient (Wildman–Crippen LogP) is 0.554. The van der Waals surface area contributed by atoms with Gasteiger partial charge in [0.05, 0.1) is 12.6 Å². The molecule has 13 nitrogen and oxygen atoms in total. The fourth-order valence-electron chi connectivity index (χ4n) is 3.18. The Balaban J connectivity index is 1.46. The number of ether oxygens (including phenoxy) is 1. The largest absolute Gasteiger partial charge is 0.483 e. The van der Waals surface area contributed by atoms with Gasteiger partial charge in [-0.2, -0.15) is 0 Å². The first kappa shape index (κ1) is 25.0. The van der Waals surface area contributed by atoms with E-state index in [9.17, 15) is 28.6 Å². The summed E-state index contributed by atoms with van der Waals surface area (Å²) in [6.07, 6.45) is -0.0874. The fraction of sp³-hybridized carbons (Fsp3) is 0.300. The van der Waals surface area contributed by atoms with Gasteiger partial charge in [-0.3, -0.25) is 18.9 Å². The molecule has 34 heavy (non-hydrogen) atoms. The van der Waals surface area contributed by atoms with Crippen molar-refractivity contribution >= 4 is 25.7 Å². The molecule has 0 saturated carbocycles. The highest BCUT2D eigenvalue weighted by atomic mass is 31.2. The summed E-state index contributed by atoms with van der Waals surface area (Å²) >= 11 is 0. The second-order valence-electron chi connectivity index (χ2n) is 7.35. The highest BCUT2D eigenvalue weighted by Gasteiger charge is 2.54. The SMILES string of the molecule is C[C@H]1[C@H](NC(=O)O)C(=O)N1P(=O)(O)OCC(=O)NCc1cc(=O)c(OCc2ccccc2)c[nH]1. The molecule has 1 aliphatic rings. The second kappa shape index (κ2) is 10.5. The van der Waals surface area contributed by atoms with Gasteiger partial charge in [-0.05, 0) is 12.5 Å². The van der Waals surface area contributed by atoms with Gasteiger partial charge in [0.2, 0.25) is 11.3 Å². The summed E-state index contributed by atoms with van der Waals surface area (Å²) < 4.78 is 23.0. The van der Waals surface area contributed by atoms with Crippen molar-refractivity contribution in [2.75, 3.05) is 6.61 Å². The number of nitrogens with zero attached hydrogens (tertiary/aromatic N) is 1. The Morgan fingerprint density at radius 1 is 1.24 bits per heavy atom. The van der Waals surface area contributed by atoms with E-state index >= 15 is 0 Å². The number of carbonyl (C=O) groups excluding carboxylic acids is 2. The third kappa shape index (κ3) is 6.01. The lowest BCUT2D eigenvalue weighted by Crippen LogP contribution is -2.68. The Labute approximate surface area is 193 Å². The molecule has 1 aromatic carbocycles. The van der Waals surface area contributed by atoms with E-state index in [4.69, 9.17) is 14.4 Å². The van der Waals surface area contributed by atoms with Gasteiger partial charge in [-0.25, -0.2) is 14.0 Å². The Hall–Kier alpha value is -3.67. The second-order valence-corrected chi connectivity index (χ2v) is 9.02. The van der Waals surface area contributed by atoms with Crippen molar-refractivity contribution in [3.05, 3.63) is 64.1 Å². The van der Waals surface area contributed by atoms with Crippen molar-refractivity contribution in [2.45, 2.75) is 32.2 Å². The van der Waals surface area contributed by atoms with Crippen LogP contribution >= 0.6 is 7.75 Å². The number of pyridine rings is 1. The third-order valence-electron chi connectivity index (χ3n) is 4.93. The molecule has 0 bridgehead atoms. The summed E-state index contributed by atoms with van der Waals surface area (Å²) in [5.74, 6) is -1.61. The minimum atomic E-state index is -4.67. The molecule has 3 rings (SSSR count). The molecule has 1 aliphatic heterocycles. The fourth-order valence-corrected chi connectivity index (χ4v) is 4.56. The number of hydrogen-bond donors (Lipinski definition) is 5. The zero-order valence-corrected chi connectivity index (χ0v) is 18.9. The molecule has 0 spiro atoms. The smallest absolute Gasteiger partial charge is 0.435 e. The Bertz CT molecular complexity index is 1170. The number of aromatic nitrogens is 1. The van der Waals surface area contributed by atoms with Crippen molar-refractivity contribution in [3.8, 4) is 5.75 Å². The molecule has 0 aliphatic carbocycles. The Morgan fingerprint density at radius 3 is 2.56 bits per heavy atom. The van der Waals surface area contributed by atoms with Gasteiger partial charge < -0.3 is 30.4 Å². The molecule has 5 N–H and O–H groups in total. The van der Waals surface area contributed by atoms with E-state index in [1.807, 2.05) is 35.6 Å². The number of rotatable bonds is 10. The van der Waals surface area contributed by atoms with Crippen molar-refractivity contribution in [1.82, 2.24) is 20.3 Å². The van der Waals surface area contributed by atoms with E-state index in [2.05, 4.69) is 10.3 Å². The molecule has 14 heteroatoms. The number of nitrogens with one attached hydrogen (secondary N) is 3. The molecule has 2 aromatic rings. The molecule has 1 unspecified atom stereocenters. The molecular weight excluding hydrogens is 471 g/mol. The van der Waals surface area contributed by atoms with Crippen LogP contribution in [0.4, 0.5) is 4.79 Å². The first-order valence-electron chi connectivity index (χ1n) is 10.0. The molecule has 2 heterocycles. The standard InChI is InChI=1S/C20H23N4O9P/c1-12-18(23-20(28)29)19(27)24(12)34(30,31)33-11-17(26)22-8-14-7-15(25)16(9-21-14)32-10-13-5-3-2-4-6-13/h2-7,9,12,18,23H,8,10-11H2,1H3,(H,21,25)(H,22,26)(H,28,29)(H,30,31)/t12-,18-/m0/s1. The van der Waals surface area contributed by atoms with Gasteiger partial charge in [-0.1, -0.05) is 30.3 Å². The van der Waals surface area contributed by atoms with Gasteiger partial charge in [0.15, 0.2) is 5.75 Å².